The number of para-hydroxylation sites is 1. The molecule has 3 rings (SSSR count). The molecule has 0 saturated heterocycles. The van der Waals surface area contributed by atoms with E-state index in [9.17, 15) is 0 Å². The SMILES string of the molecule is CCCc1cncc2c1c1ccccc1n2COCC[Si](C)(C)C. The Bertz CT molecular complexity index is 833. The Hall–Kier alpha value is -1.65. The van der Waals surface area contributed by atoms with E-state index in [4.69, 9.17) is 4.74 Å². The van der Waals surface area contributed by atoms with Crippen molar-refractivity contribution in [2.45, 2.75) is 52.2 Å². The number of hydrogen-bond donors (Lipinski definition) is 0. The zero-order chi connectivity index (χ0) is 17.2. The third kappa shape index (κ3) is 3.55. The zero-order valence-electron chi connectivity index (χ0n) is 15.3. The van der Waals surface area contributed by atoms with Crippen LogP contribution < -0.4 is 0 Å². The van der Waals surface area contributed by atoms with Crippen LogP contribution in [0.5, 0.6) is 0 Å². The van der Waals surface area contributed by atoms with Crippen LogP contribution in [0.4, 0.5) is 0 Å². The summed E-state index contributed by atoms with van der Waals surface area (Å²) in [6.07, 6.45) is 6.20. The number of pyridine rings is 1. The van der Waals surface area contributed by atoms with Crippen molar-refractivity contribution in [1.82, 2.24) is 9.55 Å². The summed E-state index contributed by atoms with van der Waals surface area (Å²) in [4.78, 5) is 4.49. The van der Waals surface area contributed by atoms with Crippen molar-refractivity contribution < 1.29 is 4.74 Å². The summed E-state index contributed by atoms with van der Waals surface area (Å²) in [6.45, 7) is 10.8. The van der Waals surface area contributed by atoms with Crippen molar-refractivity contribution in [2.75, 3.05) is 6.61 Å². The molecular weight excluding hydrogens is 312 g/mol. The van der Waals surface area contributed by atoms with Gasteiger partial charge in [-0.2, -0.15) is 0 Å². The van der Waals surface area contributed by atoms with Gasteiger partial charge < -0.3 is 9.30 Å². The first-order valence-electron chi connectivity index (χ1n) is 8.93. The average molecular weight is 341 g/mol. The van der Waals surface area contributed by atoms with Gasteiger partial charge in [0.05, 0.1) is 17.2 Å². The first kappa shape index (κ1) is 17.2. The highest BCUT2D eigenvalue weighted by atomic mass is 28.3. The number of hydrogen-bond acceptors (Lipinski definition) is 2. The molecule has 24 heavy (non-hydrogen) atoms. The van der Waals surface area contributed by atoms with Gasteiger partial charge in [-0.3, -0.25) is 4.98 Å². The molecule has 2 aromatic heterocycles. The van der Waals surface area contributed by atoms with Gasteiger partial charge in [-0.25, -0.2) is 0 Å². The van der Waals surface area contributed by atoms with E-state index in [1.165, 1.54) is 33.4 Å². The minimum absolute atomic E-state index is 0.603. The molecule has 0 aliphatic rings. The van der Waals surface area contributed by atoms with Gasteiger partial charge in [-0.1, -0.05) is 51.2 Å². The predicted molar refractivity (Wildman–Crippen MR) is 105 cm³/mol. The van der Waals surface area contributed by atoms with Crippen LogP contribution in [0.15, 0.2) is 36.7 Å². The fraction of sp³-hybridized carbons (Fsp3) is 0.450. The standard InChI is InChI=1S/C20H28N2OSi/c1-5-8-16-13-21-14-19-20(16)17-9-6-7-10-18(17)22(19)15-23-11-12-24(2,3)4/h6-7,9-10,13-14H,5,8,11-12,15H2,1-4H3. The molecule has 0 fully saturated rings. The highest BCUT2D eigenvalue weighted by Crippen LogP contribution is 2.31. The Morgan fingerprint density at radius 1 is 1.08 bits per heavy atom. The highest BCUT2D eigenvalue weighted by Gasteiger charge is 2.15. The minimum Gasteiger partial charge on any atom is -0.361 e. The zero-order valence-corrected chi connectivity index (χ0v) is 16.3. The summed E-state index contributed by atoms with van der Waals surface area (Å²) in [6, 6.07) is 9.83. The Kier molecular flexibility index (Phi) is 5.06. The topological polar surface area (TPSA) is 27.1 Å². The summed E-state index contributed by atoms with van der Waals surface area (Å²) in [5, 5.41) is 2.66. The van der Waals surface area contributed by atoms with Gasteiger partial charge in [-0.15, -0.1) is 0 Å². The van der Waals surface area contributed by atoms with Gasteiger partial charge in [-0.05, 0) is 24.1 Å². The summed E-state index contributed by atoms with van der Waals surface area (Å²) in [5.41, 5.74) is 3.77. The number of ether oxygens (including phenoxy) is 1. The largest absolute Gasteiger partial charge is 0.361 e. The molecule has 0 radical (unpaired) electrons. The fourth-order valence-corrected chi connectivity index (χ4v) is 3.95. The molecule has 0 amide bonds. The third-order valence-electron chi connectivity index (χ3n) is 4.50. The predicted octanol–water partition coefficient (Wildman–Crippen LogP) is 5.45. The van der Waals surface area contributed by atoms with Crippen molar-refractivity contribution in [3.8, 4) is 0 Å². The Labute approximate surface area is 145 Å². The van der Waals surface area contributed by atoms with E-state index in [-0.39, 0.29) is 0 Å². The maximum Gasteiger partial charge on any atom is 0.123 e. The van der Waals surface area contributed by atoms with Crippen molar-refractivity contribution in [3.05, 3.63) is 42.2 Å². The molecule has 3 aromatic rings. The normalized spacial score (nSPS) is 12.3. The summed E-state index contributed by atoms with van der Waals surface area (Å²) >= 11 is 0. The smallest absolute Gasteiger partial charge is 0.123 e. The van der Waals surface area contributed by atoms with Gasteiger partial charge in [0.15, 0.2) is 0 Å². The van der Waals surface area contributed by atoms with E-state index >= 15 is 0 Å². The van der Waals surface area contributed by atoms with Crippen LogP contribution in [-0.4, -0.2) is 24.2 Å². The summed E-state index contributed by atoms with van der Waals surface area (Å²) in [7, 11) is -1.05. The van der Waals surface area contributed by atoms with Crippen LogP contribution in [0, 0.1) is 0 Å². The Morgan fingerprint density at radius 3 is 2.62 bits per heavy atom. The van der Waals surface area contributed by atoms with Gasteiger partial charge >= 0.3 is 0 Å². The second-order valence-corrected chi connectivity index (χ2v) is 13.4. The molecule has 0 N–H and O–H groups in total. The minimum atomic E-state index is -1.05. The number of nitrogens with zero attached hydrogens (tertiary/aromatic N) is 2. The first-order valence-corrected chi connectivity index (χ1v) is 12.6. The fourth-order valence-electron chi connectivity index (χ4n) is 3.19. The maximum atomic E-state index is 6.04. The molecule has 0 atom stereocenters. The lowest BCUT2D eigenvalue weighted by molar-refractivity contribution is 0.0929. The average Bonchev–Trinajstić information content (AvgIpc) is 2.86. The maximum absolute atomic E-state index is 6.04. The molecular formula is C20H28N2OSi. The second kappa shape index (κ2) is 7.07. The summed E-state index contributed by atoms with van der Waals surface area (Å²) in [5.74, 6) is 0. The van der Waals surface area contributed by atoms with Crippen molar-refractivity contribution in [2.24, 2.45) is 0 Å². The van der Waals surface area contributed by atoms with Gasteiger partial charge in [0.1, 0.15) is 6.73 Å². The quantitative estimate of drug-likeness (QED) is 0.422. The number of aryl methyl sites for hydroxylation is 1. The van der Waals surface area contributed by atoms with Crippen molar-refractivity contribution in [1.29, 1.82) is 0 Å². The molecule has 1 aromatic carbocycles. The van der Waals surface area contributed by atoms with Crippen LogP contribution in [-0.2, 0) is 17.9 Å². The number of benzene rings is 1. The molecule has 0 bridgehead atoms. The first-order chi connectivity index (χ1) is 11.5. The van der Waals surface area contributed by atoms with E-state index in [1.54, 1.807) is 0 Å². The second-order valence-electron chi connectivity index (χ2n) is 7.74. The Balaban J connectivity index is 1.98. The van der Waals surface area contributed by atoms with Crippen LogP contribution in [0.25, 0.3) is 21.8 Å². The molecule has 0 spiro atoms. The molecule has 128 valence electrons. The molecule has 2 heterocycles. The van der Waals surface area contributed by atoms with Gasteiger partial charge in [0, 0.05) is 31.7 Å². The van der Waals surface area contributed by atoms with E-state index in [0.717, 1.165) is 19.4 Å². The summed E-state index contributed by atoms with van der Waals surface area (Å²) < 4.78 is 8.32. The lowest BCUT2D eigenvalue weighted by Crippen LogP contribution is -2.22. The van der Waals surface area contributed by atoms with E-state index in [2.05, 4.69) is 60.4 Å². The highest BCUT2D eigenvalue weighted by molar-refractivity contribution is 6.76. The van der Waals surface area contributed by atoms with E-state index in [0.29, 0.717) is 6.73 Å². The van der Waals surface area contributed by atoms with E-state index < -0.39 is 8.07 Å². The van der Waals surface area contributed by atoms with Crippen LogP contribution in [0.1, 0.15) is 18.9 Å². The van der Waals surface area contributed by atoms with Crippen LogP contribution in [0.2, 0.25) is 25.7 Å². The van der Waals surface area contributed by atoms with E-state index in [1.807, 2.05) is 12.4 Å². The lowest BCUT2D eigenvalue weighted by Gasteiger charge is -2.16. The van der Waals surface area contributed by atoms with Crippen LogP contribution >= 0.6 is 0 Å². The molecule has 3 nitrogen and oxygen atoms in total. The number of fused-ring (bicyclic) bond motifs is 3. The van der Waals surface area contributed by atoms with Crippen molar-refractivity contribution >= 4 is 29.9 Å². The molecule has 0 saturated carbocycles. The molecule has 0 unspecified atom stereocenters. The lowest BCUT2D eigenvalue weighted by atomic mass is 10.1. The monoisotopic (exact) mass is 340 g/mol. The van der Waals surface area contributed by atoms with Crippen molar-refractivity contribution in [3.63, 3.8) is 0 Å². The van der Waals surface area contributed by atoms with Gasteiger partial charge in [0.2, 0.25) is 0 Å². The number of rotatable bonds is 7. The van der Waals surface area contributed by atoms with Crippen LogP contribution in [0.3, 0.4) is 0 Å². The molecule has 0 aliphatic carbocycles. The molecule has 0 aliphatic heterocycles. The molecule has 4 heteroatoms. The third-order valence-corrected chi connectivity index (χ3v) is 6.20. The Morgan fingerprint density at radius 2 is 1.88 bits per heavy atom. The van der Waals surface area contributed by atoms with Gasteiger partial charge in [0.25, 0.3) is 0 Å². The number of aromatic nitrogens is 2.